The van der Waals surface area contributed by atoms with Gasteiger partial charge in [0.15, 0.2) is 0 Å². The van der Waals surface area contributed by atoms with E-state index in [4.69, 9.17) is 0 Å². The zero-order valence-corrected chi connectivity index (χ0v) is 18.2. The molecule has 0 spiro atoms. The van der Waals surface area contributed by atoms with E-state index in [-0.39, 0.29) is 18.0 Å². The minimum Gasteiger partial charge on any atom is -0.357 e. The lowest BCUT2D eigenvalue weighted by Gasteiger charge is -2.31. The lowest BCUT2D eigenvalue weighted by atomic mass is 10.2. The number of nitrogens with zero attached hydrogens (tertiary/aromatic N) is 4. The number of aromatic nitrogens is 3. The first-order chi connectivity index (χ1) is 14.5. The fraction of sp³-hybridized carbons (Fsp3) is 0.348. The Balaban J connectivity index is 1.41. The second-order valence-electron chi connectivity index (χ2n) is 8.26. The van der Waals surface area contributed by atoms with Crippen LogP contribution >= 0.6 is 11.3 Å². The van der Waals surface area contributed by atoms with Crippen molar-refractivity contribution in [2.75, 3.05) is 18.5 Å². The molecule has 1 amide bonds. The molecule has 1 aliphatic rings. The van der Waals surface area contributed by atoms with E-state index in [9.17, 15) is 4.79 Å². The summed E-state index contributed by atoms with van der Waals surface area (Å²) in [6, 6.07) is 10.8. The Morgan fingerprint density at radius 3 is 3.00 bits per heavy atom. The second-order valence-corrected chi connectivity index (χ2v) is 9.35. The number of rotatable bonds is 4. The number of benzene rings is 1. The van der Waals surface area contributed by atoms with Crippen LogP contribution < -0.4 is 4.90 Å². The van der Waals surface area contributed by atoms with Crippen LogP contribution in [0.15, 0.2) is 42.9 Å². The van der Waals surface area contributed by atoms with Crippen LogP contribution in [-0.2, 0) is 0 Å². The highest BCUT2D eigenvalue weighted by molar-refractivity contribution is 7.20. The van der Waals surface area contributed by atoms with Crippen LogP contribution in [0.5, 0.6) is 0 Å². The maximum Gasteiger partial charge on any atom is 0.264 e. The first kappa shape index (κ1) is 19.1. The molecule has 30 heavy (non-hydrogen) atoms. The van der Waals surface area contributed by atoms with Gasteiger partial charge in [-0.15, -0.1) is 11.3 Å². The molecule has 2 atom stereocenters. The third-order valence-electron chi connectivity index (χ3n) is 6.08. The summed E-state index contributed by atoms with van der Waals surface area (Å²) < 4.78 is 1.17. The highest BCUT2D eigenvalue weighted by atomic mass is 32.1. The molecule has 5 rings (SSSR count). The molecule has 0 unspecified atom stereocenters. The van der Waals surface area contributed by atoms with Gasteiger partial charge in [-0.25, -0.2) is 9.97 Å². The summed E-state index contributed by atoms with van der Waals surface area (Å²) >= 11 is 1.59. The normalized spacial score (nSPS) is 19.1. The predicted octanol–water partition coefficient (Wildman–Crippen LogP) is 4.61. The van der Waals surface area contributed by atoms with E-state index in [2.05, 4.69) is 62.9 Å². The number of fused-ring (bicyclic) bond motifs is 2. The smallest absolute Gasteiger partial charge is 0.264 e. The van der Waals surface area contributed by atoms with Crippen LogP contribution in [0.1, 0.15) is 35.0 Å². The van der Waals surface area contributed by atoms with Crippen molar-refractivity contribution in [1.82, 2.24) is 19.9 Å². The molecule has 7 heteroatoms. The van der Waals surface area contributed by atoms with Gasteiger partial charge in [0.25, 0.3) is 5.91 Å². The number of carbonyl (C=O) groups excluding carboxylic acids is 1. The molecule has 0 radical (unpaired) electrons. The van der Waals surface area contributed by atoms with Gasteiger partial charge in [-0.2, -0.15) is 0 Å². The number of carbonyl (C=O) groups is 1. The minimum atomic E-state index is 0.145. The van der Waals surface area contributed by atoms with Crippen LogP contribution in [0.3, 0.4) is 0 Å². The SMILES string of the molecule is Cc1ccc2sc(C(=O)N3[C@@H](CN(C)c4ncnc5[nH]ccc45)CC[C@H]3C)cc2c1. The molecule has 0 aliphatic carbocycles. The van der Waals surface area contributed by atoms with Gasteiger partial charge < -0.3 is 14.8 Å². The number of aromatic amines is 1. The summed E-state index contributed by atoms with van der Waals surface area (Å²) in [6.45, 7) is 4.99. The maximum absolute atomic E-state index is 13.5. The van der Waals surface area contributed by atoms with Gasteiger partial charge in [0.05, 0.1) is 10.3 Å². The third-order valence-corrected chi connectivity index (χ3v) is 7.19. The molecule has 1 aliphatic heterocycles. The molecule has 1 saturated heterocycles. The number of hydrogen-bond acceptors (Lipinski definition) is 5. The molecule has 3 aromatic heterocycles. The monoisotopic (exact) mass is 419 g/mol. The Bertz CT molecular complexity index is 1230. The van der Waals surface area contributed by atoms with Crippen molar-refractivity contribution < 1.29 is 4.79 Å². The summed E-state index contributed by atoms with van der Waals surface area (Å²) in [5, 5.41) is 2.16. The van der Waals surface area contributed by atoms with Crippen molar-refractivity contribution in [2.24, 2.45) is 0 Å². The van der Waals surface area contributed by atoms with Crippen molar-refractivity contribution in [3.63, 3.8) is 0 Å². The molecule has 154 valence electrons. The largest absolute Gasteiger partial charge is 0.357 e. The first-order valence-electron chi connectivity index (χ1n) is 10.3. The Hall–Kier alpha value is -2.93. The molecule has 1 aromatic carbocycles. The average molecular weight is 420 g/mol. The number of H-pyrrole nitrogens is 1. The lowest BCUT2D eigenvalue weighted by Crippen LogP contribution is -2.45. The van der Waals surface area contributed by atoms with Crippen molar-refractivity contribution in [3.8, 4) is 0 Å². The van der Waals surface area contributed by atoms with Crippen LogP contribution in [0.25, 0.3) is 21.1 Å². The second kappa shape index (κ2) is 7.40. The van der Waals surface area contributed by atoms with E-state index < -0.39 is 0 Å². The van der Waals surface area contributed by atoms with Crippen LogP contribution in [0.2, 0.25) is 0 Å². The number of hydrogen-bond donors (Lipinski definition) is 1. The molecule has 4 heterocycles. The molecule has 0 saturated carbocycles. The highest BCUT2D eigenvalue weighted by Gasteiger charge is 2.36. The van der Waals surface area contributed by atoms with Crippen molar-refractivity contribution in [1.29, 1.82) is 0 Å². The van der Waals surface area contributed by atoms with Gasteiger partial charge in [-0.3, -0.25) is 4.79 Å². The lowest BCUT2D eigenvalue weighted by molar-refractivity contribution is 0.0690. The summed E-state index contributed by atoms with van der Waals surface area (Å²) in [6.07, 6.45) is 5.50. The molecular formula is C23H25N5OS. The number of thiophene rings is 1. The van der Waals surface area contributed by atoms with E-state index in [0.717, 1.165) is 46.5 Å². The summed E-state index contributed by atoms with van der Waals surface area (Å²) in [5.74, 6) is 1.04. The standard InChI is InChI=1S/C23H25N5OS/c1-14-4-7-19-16(10-14)11-20(30-19)23(29)28-15(2)5-6-17(28)12-27(3)22-18-8-9-24-21(18)25-13-26-22/h4,7-11,13,15,17H,5-6,12H2,1-3H3,(H,24,25,26)/t15-,17-/m1/s1. The van der Waals surface area contributed by atoms with Gasteiger partial charge in [0.2, 0.25) is 0 Å². The Kier molecular flexibility index (Phi) is 4.70. The zero-order chi connectivity index (χ0) is 20.8. The number of amides is 1. The number of likely N-dealkylation sites (tertiary alicyclic amines) is 1. The Morgan fingerprint density at radius 2 is 2.13 bits per heavy atom. The zero-order valence-electron chi connectivity index (χ0n) is 17.4. The number of nitrogens with one attached hydrogen (secondary N) is 1. The summed E-state index contributed by atoms with van der Waals surface area (Å²) in [7, 11) is 2.04. The maximum atomic E-state index is 13.5. The Labute approximate surface area is 179 Å². The summed E-state index contributed by atoms with van der Waals surface area (Å²) in [5.41, 5.74) is 2.05. The fourth-order valence-electron chi connectivity index (χ4n) is 4.58. The first-order valence-corrected chi connectivity index (χ1v) is 11.1. The highest BCUT2D eigenvalue weighted by Crippen LogP contribution is 2.33. The topological polar surface area (TPSA) is 65.1 Å². The van der Waals surface area contributed by atoms with E-state index in [1.54, 1.807) is 17.7 Å². The molecular weight excluding hydrogens is 394 g/mol. The van der Waals surface area contributed by atoms with Crippen molar-refractivity contribution in [3.05, 3.63) is 53.3 Å². The Morgan fingerprint density at radius 1 is 1.27 bits per heavy atom. The molecule has 6 nitrogen and oxygen atoms in total. The average Bonchev–Trinajstić information content (AvgIpc) is 3.45. The molecule has 1 fully saturated rings. The quantitative estimate of drug-likeness (QED) is 0.525. The van der Waals surface area contributed by atoms with Gasteiger partial charge in [-0.05, 0) is 50.3 Å². The number of aryl methyl sites for hydroxylation is 1. The van der Waals surface area contributed by atoms with Gasteiger partial charge in [-0.1, -0.05) is 17.7 Å². The number of likely N-dealkylation sites (N-methyl/N-ethyl adjacent to an activating group) is 1. The number of anilines is 1. The van der Waals surface area contributed by atoms with Crippen molar-refractivity contribution >= 4 is 44.2 Å². The molecule has 0 bridgehead atoms. The van der Waals surface area contributed by atoms with Crippen LogP contribution in [0.4, 0.5) is 5.82 Å². The van der Waals surface area contributed by atoms with Gasteiger partial charge in [0.1, 0.15) is 17.8 Å². The third kappa shape index (κ3) is 3.23. The predicted molar refractivity (Wildman–Crippen MR) is 122 cm³/mol. The van der Waals surface area contributed by atoms with E-state index in [1.807, 2.05) is 19.3 Å². The molecule has 1 N–H and O–H groups in total. The van der Waals surface area contributed by atoms with Crippen LogP contribution in [-0.4, -0.2) is 51.4 Å². The van der Waals surface area contributed by atoms with E-state index in [1.165, 1.54) is 10.3 Å². The van der Waals surface area contributed by atoms with Gasteiger partial charge >= 0.3 is 0 Å². The van der Waals surface area contributed by atoms with E-state index >= 15 is 0 Å². The minimum absolute atomic E-state index is 0.145. The summed E-state index contributed by atoms with van der Waals surface area (Å²) in [4.78, 5) is 30.5. The van der Waals surface area contributed by atoms with Gasteiger partial charge in [0, 0.05) is 36.6 Å². The van der Waals surface area contributed by atoms with Crippen molar-refractivity contribution in [2.45, 2.75) is 38.8 Å². The van der Waals surface area contributed by atoms with Crippen LogP contribution in [0, 0.1) is 6.92 Å². The molecule has 4 aromatic rings. The van der Waals surface area contributed by atoms with E-state index in [0.29, 0.717) is 0 Å². The fourth-order valence-corrected chi connectivity index (χ4v) is 5.57.